The lowest BCUT2D eigenvalue weighted by atomic mass is 10.1. The Morgan fingerprint density at radius 1 is 1.29 bits per heavy atom. The highest BCUT2D eigenvalue weighted by Crippen LogP contribution is 2.33. The summed E-state index contributed by atoms with van der Waals surface area (Å²) in [6, 6.07) is 8.09. The van der Waals surface area contributed by atoms with Crippen LogP contribution >= 0.6 is 15.9 Å². The van der Waals surface area contributed by atoms with Crippen LogP contribution < -0.4 is 4.74 Å². The topological polar surface area (TPSA) is 18.5 Å². The van der Waals surface area contributed by atoms with E-state index in [1.165, 1.54) is 25.7 Å². The van der Waals surface area contributed by atoms with Crippen LogP contribution in [0, 0.1) is 0 Å². The highest BCUT2D eigenvalue weighted by Gasteiger charge is 2.22. The van der Waals surface area contributed by atoms with Gasteiger partial charge in [-0.15, -0.1) is 0 Å². The Morgan fingerprint density at radius 2 is 2.00 bits per heavy atom. The van der Waals surface area contributed by atoms with Crippen molar-refractivity contribution < 1.29 is 9.47 Å². The summed E-state index contributed by atoms with van der Waals surface area (Å²) in [7, 11) is 1.71. The van der Waals surface area contributed by atoms with Gasteiger partial charge in [0.2, 0.25) is 0 Å². The lowest BCUT2D eigenvalue weighted by Gasteiger charge is -2.22. The Labute approximate surface area is 111 Å². The van der Waals surface area contributed by atoms with Crippen molar-refractivity contribution >= 4 is 15.9 Å². The summed E-state index contributed by atoms with van der Waals surface area (Å²) >= 11 is 3.54. The van der Waals surface area contributed by atoms with Crippen LogP contribution in [0.2, 0.25) is 0 Å². The van der Waals surface area contributed by atoms with Gasteiger partial charge in [-0.2, -0.15) is 0 Å². The van der Waals surface area contributed by atoms with Crippen molar-refractivity contribution in [2.24, 2.45) is 0 Å². The van der Waals surface area contributed by atoms with Gasteiger partial charge in [0.05, 0.1) is 19.3 Å². The molecule has 94 valence electrons. The smallest absolute Gasteiger partial charge is 0.124 e. The minimum Gasteiger partial charge on any atom is -0.496 e. The van der Waals surface area contributed by atoms with Crippen LogP contribution in [0.25, 0.3) is 0 Å². The number of hydrogen-bond acceptors (Lipinski definition) is 2. The fourth-order valence-electron chi connectivity index (χ4n) is 2.38. The second-order valence-corrected chi connectivity index (χ2v) is 5.07. The molecule has 17 heavy (non-hydrogen) atoms. The van der Waals surface area contributed by atoms with E-state index in [-0.39, 0.29) is 6.10 Å². The second kappa shape index (κ2) is 6.41. The molecule has 0 radical (unpaired) electrons. The van der Waals surface area contributed by atoms with E-state index in [9.17, 15) is 0 Å². The molecule has 0 heterocycles. The zero-order valence-electron chi connectivity index (χ0n) is 10.2. The Kier molecular flexibility index (Phi) is 4.86. The Balaban J connectivity index is 2.10. The number of halogens is 1. The van der Waals surface area contributed by atoms with Gasteiger partial charge in [-0.1, -0.05) is 47.0 Å². The van der Waals surface area contributed by atoms with Gasteiger partial charge in [-0.3, -0.25) is 0 Å². The SMILES string of the molecule is COc1ccccc1C(CBr)OC1CCCC1. The Morgan fingerprint density at radius 3 is 2.65 bits per heavy atom. The molecule has 1 aromatic rings. The predicted molar refractivity (Wildman–Crippen MR) is 72.9 cm³/mol. The molecule has 1 aliphatic carbocycles. The Hall–Kier alpha value is -0.540. The summed E-state index contributed by atoms with van der Waals surface area (Å²) in [5, 5.41) is 0.809. The minimum atomic E-state index is 0.0919. The van der Waals surface area contributed by atoms with Crippen LogP contribution in [-0.4, -0.2) is 18.5 Å². The maximum atomic E-state index is 6.16. The monoisotopic (exact) mass is 298 g/mol. The first-order valence-electron chi connectivity index (χ1n) is 6.19. The molecule has 1 saturated carbocycles. The van der Waals surface area contributed by atoms with Gasteiger partial charge in [0, 0.05) is 10.9 Å². The molecule has 0 amide bonds. The van der Waals surface area contributed by atoms with Crippen molar-refractivity contribution in [2.75, 3.05) is 12.4 Å². The molecule has 1 unspecified atom stereocenters. The van der Waals surface area contributed by atoms with E-state index in [2.05, 4.69) is 22.0 Å². The number of para-hydroxylation sites is 1. The van der Waals surface area contributed by atoms with Crippen molar-refractivity contribution in [1.29, 1.82) is 0 Å². The molecule has 1 aromatic carbocycles. The van der Waals surface area contributed by atoms with Crippen molar-refractivity contribution in [3.8, 4) is 5.75 Å². The molecule has 1 aliphatic rings. The van der Waals surface area contributed by atoms with Gasteiger partial charge >= 0.3 is 0 Å². The highest BCUT2D eigenvalue weighted by molar-refractivity contribution is 9.09. The summed E-state index contributed by atoms with van der Waals surface area (Å²) in [6.07, 6.45) is 5.49. The summed E-state index contributed by atoms with van der Waals surface area (Å²) in [5.74, 6) is 0.912. The number of alkyl halides is 1. The van der Waals surface area contributed by atoms with E-state index in [4.69, 9.17) is 9.47 Å². The lowest BCUT2D eigenvalue weighted by molar-refractivity contribution is 0.00327. The lowest BCUT2D eigenvalue weighted by Crippen LogP contribution is -2.15. The van der Waals surface area contributed by atoms with Crippen LogP contribution in [0.4, 0.5) is 0 Å². The van der Waals surface area contributed by atoms with Crippen LogP contribution in [0.5, 0.6) is 5.75 Å². The number of hydrogen-bond donors (Lipinski definition) is 0. The quantitative estimate of drug-likeness (QED) is 0.762. The van der Waals surface area contributed by atoms with Gasteiger partial charge in [0.15, 0.2) is 0 Å². The van der Waals surface area contributed by atoms with Crippen molar-refractivity contribution in [2.45, 2.75) is 37.9 Å². The second-order valence-electron chi connectivity index (χ2n) is 4.43. The average Bonchev–Trinajstić information content (AvgIpc) is 2.89. The van der Waals surface area contributed by atoms with Crippen LogP contribution in [-0.2, 0) is 4.74 Å². The zero-order chi connectivity index (χ0) is 12.1. The first-order chi connectivity index (χ1) is 8.35. The van der Waals surface area contributed by atoms with Gasteiger partial charge in [0.25, 0.3) is 0 Å². The molecule has 0 spiro atoms. The predicted octanol–water partition coefficient (Wildman–Crippen LogP) is 4.09. The molecule has 2 nitrogen and oxygen atoms in total. The molecule has 0 aliphatic heterocycles. The van der Waals surface area contributed by atoms with Crippen molar-refractivity contribution in [1.82, 2.24) is 0 Å². The maximum absolute atomic E-state index is 6.16. The fraction of sp³-hybridized carbons (Fsp3) is 0.571. The molecule has 0 aromatic heterocycles. The largest absolute Gasteiger partial charge is 0.496 e. The molecular formula is C14H19BrO2. The number of methoxy groups -OCH3 is 1. The third kappa shape index (κ3) is 3.23. The van der Waals surface area contributed by atoms with E-state index in [1.54, 1.807) is 7.11 Å². The van der Waals surface area contributed by atoms with E-state index in [0.717, 1.165) is 16.6 Å². The van der Waals surface area contributed by atoms with Crippen LogP contribution in [0.3, 0.4) is 0 Å². The number of benzene rings is 1. The van der Waals surface area contributed by atoms with Crippen molar-refractivity contribution in [3.63, 3.8) is 0 Å². The molecule has 2 rings (SSSR count). The van der Waals surface area contributed by atoms with Gasteiger partial charge in [-0.25, -0.2) is 0 Å². The van der Waals surface area contributed by atoms with E-state index >= 15 is 0 Å². The van der Waals surface area contributed by atoms with Gasteiger partial charge in [0.1, 0.15) is 5.75 Å². The molecule has 1 atom stereocenters. The summed E-state index contributed by atoms with van der Waals surface area (Å²) in [4.78, 5) is 0. The fourth-order valence-corrected chi connectivity index (χ4v) is 2.88. The summed E-state index contributed by atoms with van der Waals surface area (Å²) in [5.41, 5.74) is 1.14. The first-order valence-corrected chi connectivity index (χ1v) is 7.31. The van der Waals surface area contributed by atoms with Gasteiger partial charge in [-0.05, 0) is 18.9 Å². The van der Waals surface area contributed by atoms with E-state index < -0.39 is 0 Å². The number of ether oxygens (including phenoxy) is 2. The third-order valence-corrected chi connectivity index (χ3v) is 3.87. The standard InChI is InChI=1S/C14H19BrO2/c1-16-13-9-5-4-8-12(13)14(10-15)17-11-6-2-3-7-11/h4-5,8-9,11,14H,2-3,6-7,10H2,1H3. The molecule has 1 fully saturated rings. The minimum absolute atomic E-state index is 0.0919. The molecule has 0 bridgehead atoms. The highest BCUT2D eigenvalue weighted by atomic mass is 79.9. The van der Waals surface area contributed by atoms with Crippen molar-refractivity contribution in [3.05, 3.63) is 29.8 Å². The summed E-state index contributed by atoms with van der Waals surface area (Å²) in [6.45, 7) is 0. The zero-order valence-corrected chi connectivity index (χ0v) is 11.8. The number of rotatable bonds is 5. The van der Waals surface area contributed by atoms with Crippen LogP contribution in [0.1, 0.15) is 37.4 Å². The molecule has 0 saturated heterocycles. The first kappa shape index (κ1) is 12.9. The molecule has 3 heteroatoms. The summed E-state index contributed by atoms with van der Waals surface area (Å²) < 4.78 is 11.6. The molecular weight excluding hydrogens is 280 g/mol. The average molecular weight is 299 g/mol. The third-order valence-electron chi connectivity index (χ3n) is 3.28. The maximum Gasteiger partial charge on any atom is 0.124 e. The van der Waals surface area contributed by atoms with E-state index in [1.807, 2.05) is 18.2 Å². The molecule has 0 N–H and O–H groups in total. The normalized spacial score (nSPS) is 18.2. The van der Waals surface area contributed by atoms with Crippen LogP contribution in [0.15, 0.2) is 24.3 Å². The van der Waals surface area contributed by atoms with Gasteiger partial charge < -0.3 is 9.47 Å². The Bertz CT molecular complexity index is 348. The van der Waals surface area contributed by atoms with E-state index in [0.29, 0.717) is 6.10 Å².